The van der Waals surface area contributed by atoms with Crippen LogP contribution in [0.3, 0.4) is 0 Å². The van der Waals surface area contributed by atoms with E-state index in [1.165, 1.54) is 50.7 Å². The Hall–Kier alpha value is -1.95. The van der Waals surface area contributed by atoms with E-state index in [-0.39, 0.29) is 17.2 Å². The Balaban J connectivity index is 0.000000253. The zero-order valence-corrected chi connectivity index (χ0v) is 18.3. The zero-order chi connectivity index (χ0) is 21.2. The number of primary amides is 1. The van der Waals surface area contributed by atoms with Crippen LogP contribution in [0.25, 0.3) is 0 Å². The Morgan fingerprint density at radius 1 is 1.31 bits per heavy atom. The van der Waals surface area contributed by atoms with Crippen LogP contribution in [0.2, 0.25) is 0 Å². The van der Waals surface area contributed by atoms with E-state index in [4.69, 9.17) is 17.2 Å². The predicted molar refractivity (Wildman–Crippen MR) is 119 cm³/mol. The van der Waals surface area contributed by atoms with Crippen molar-refractivity contribution < 1.29 is 9.18 Å². The minimum absolute atomic E-state index is 0.0442. The van der Waals surface area contributed by atoms with E-state index in [1.54, 1.807) is 0 Å². The maximum atomic E-state index is 13.6. The number of aromatic nitrogens is 2. The normalized spacial score (nSPS) is 14.0. The third-order valence-electron chi connectivity index (χ3n) is 3.98. The quantitative estimate of drug-likeness (QED) is 0.458. The van der Waals surface area contributed by atoms with Crippen LogP contribution in [0, 0.1) is 5.82 Å². The van der Waals surface area contributed by atoms with Gasteiger partial charge in [0.15, 0.2) is 0 Å². The highest BCUT2D eigenvalue weighted by Crippen LogP contribution is 2.26. The summed E-state index contributed by atoms with van der Waals surface area (Å²) in [7, 11) is 0. The number of nitrogens with two attached hydrogens (primary N) is 3. The number of hydrogen-bond acceptors (Lipinski definition) is 8. The van der Waals surface area contributed by atoms with Crippen LogP contribution in [0.4, 0.5) is 21.8 Å². The summed E-state index contributed by atoms with van der Waals surface area (Å²) in [6, 6.07) is 4.10. The maximum Gasteiger partial charge on any atom is 0.253 e. The molecular formula is C18H25BrFN7OS. The molecule has 158 valence electrons. The van der Waals surface area contributed by atoms with Crippen LogP contribution in [-0.2, 0) is 0 Å². The van der Waals surface area contributed by atoms with Crippen LogP contribution < -0.4 is 22.5 Å². The van der Waals surface area contributed by atoms with Gasteiger partial charge in [0.25, 0.3) is 5.91 Å². The Labute approximate surface area is 182 Å². The minimum atomic E-state index is -0.876. The van der Waals surface area contributed by atoms with Crippen molar-refractivity contribution in [3.8, 4) is 0 Å². The van der Waals surface area contributed by atoms with Gasteiger partial charge in [0.05, 0.1) is 15.7 Å². The molecule has 1 aliphatic rings. The topological polar surface area (TPSA) is 136 Å². The molecule has 1 fully saturated rings. The Morgan fingerprint density at radius 3 is 2.69 bits per heavy atom. The first kappa shape index (κ1) is 23.3. The molecule has 29 heavy (non-hydrogen) atoms. The molecule has 0 spiro atoms. The molecule has 8 nitrogen and oxygen atoms in total. The molecule has 0 unspecified atom stereocenters. The van der Waals surface area contributed by atoms with Gasteiger partial charge in [-0.1, -0.05) is 24.4 Å². The fourth-order valence-electron chi connectivity index (χ4n) is 2.65. The number of piperidine rings is 1. The van der Waals surface area contributed by atoms with Crippen molar-refractivity contribution in [1.29, 1.82) is 0 Å². The van der Waals surface area contributed by atoms with Gasteiger partial charge in [0, 0.05) is 31.6 Å². The summed E-state index contributed by atoms with van der Waals surface area (Å²) in [5, 5.41) is 2.78. The highest BCUT2D eigenvalue weighted by Gasteiger charge is 2.15. The van der Waals surface area contributed by atoms with Crippen molar-refractivity contribution >= 4 is 51.2 Å². The molecule has 1 aliphatic heterocycles. The Morgan fingerprint density at radius 2 is 2.03 bits per heavy atom. The predicted octanol–water partition coefficient (Wildman–Crippen LogP) is 2.88. The molecule has 3 rings (SSSR count). The number of halogens is 2. The summed E-state index contributed by atoms with van der Waals surface area (Å²) >= 11 is 5.12. The molecule has 1 saturated heterocycles. The largest absolute Gasteiger partial charge is 0.368 e. The Kier molecular flexibility index (Phi) is 9.58. The van der Waals surface area contributed by atoms with Crippen molar-refractivity contribution in [2.24, 2.45) is 11.5 Å². The fraction of sp³-hybridized carbons (Fsp3) is 0.389. The number of amides is 1. The van der Waals surface area contributed by atoms with E-state index in [0.717, 1.165) is 18.4 Å². The second-order valence-corrected chi connectivity index (χ2v) is 8.23. The van der Waals surface area contributed by atoms with Gasteiger partial charge in [-0.05, 0) is 40.9 Å². The van der Waals surface area contributed by atoms with Gasteiger partial charge >= 0.3 is 0 Å². The molecule has 0 radical (unpaired) electrons. The lowest BCUT2D eigenvalue weighted by molar-refractivity contribution is 0.0997. The van der Waals surface area contributed by atoms with Crippen molar-refractivity contribution in [2.45, 2.75) is 19.3 Å². The monoisotopic (exact) mass is 485 g/mol. The third kappa shape index (κ3) is 7.42. The second-order valence-electron chi connectivity index (χ2n) is 6.19. The zero-order valence-electron chi connectivity index (χ0n) is 15.9. The molecule has 7 N–H and O–H groups in total. The lowest BCUT2D eigenvalue weighted by Crippen LogP contribution is -2.24. The summed E-state index contributed by atoms with van der Waals surface area (Å²) < 4.78 is 16.5. The van der Waals surface area contributed by atoms with Crippen LogP contribution in [0.15, 0.2) is 28.9 Å². The van der Waals surface area contributed by atoms with E-state index >= 15 is 0 Å². The van der Waals surface area contributed by atoms with Crippen LogP contribution >= 0.6 is 27.9 Å². The van der Waals surface area contributed by atoms with E-state index in [2.05, 4.69) is 35.5 Å². The van der Waals surface area contributed by atoms with E-state index in [1.807, 2.05) is 11.9 Å². The molecule has 1 aromatic heterocycles. The smallest absolute Gasteiger partial charge is 0.253 e. The van der Waals surface area contributed by atoms with Crippen LogP contribution in [-0.4, -0.2) is 45.6 Å². The molecule has 1 amide bonds. The first-order chi connectivity index (χ1) is 13.9. The van der Waals surface area contributed by atoms with Gasteiger partial charge in [-0.2, -0.15) is 4.98 Å². The summed E-state index contributed by atoms with van der Waals surface area (Å²) in [6.07, 6.45) is 5.60. The van der Waals surface area contributed by atoms with Gasteiger partial charge in [-0.15, -0.1) is 0 Å². The summed E-state index contributed by atoms with van der Waals surface area (Å²) in [4.78, 5) is 19.0. The second kappa shape index (κ2) is 11.9. The molecule has 2 heterocycles. The van der Waals surface area contributed by atoms with Crippen molar-refractivity contribution in [3.63, 3.8) is 0 Å². The summed E-state index contributed by atoms with van der Waals surface area (Å²) in [5.74, 6) is -0.155. The molecule has 2 aromatic rings. The molecule has 0 bridgehead atoms. The number of anilines is 3. The molecular weight excluding hydrogens is 461 g/mol. The first-order valence-corrected chi connectivity index (χ1v) is 10.9. The van der Waals surface area contributed by atoms with Gasteiger partial charge in [-0.3, -0.25) is 9.10 Å². The van der Waals surface area contributed by atoms with E-state index < -0.39 is 11.7 Å². The number of nitrogen functional groups attached to an aromatic ring is 1. The lowest BCUT2D eigenvalue weighted by Gasteiger charge is -2.24. The lowest BCUT2D eigenvalue weighted by atomic mass is 10.1. The first-order valence-electron chi connectivity index (χ1n) is 9.13. The molecule has 0 saturated carbocycles. The standard InChI is InChI=1S/C11H9BrFN5O.C7H16N2S/c12-5-4-16-11(15)18-10(5)17-7-3-1-2-6(13)8(7)9(14)19;8-4-7-10-9-5-2-1-3-6-9/h1-4H,(H2,14,19)(H3,15,16,17,18);1-8H2. The molecule has 0 aliphatic carbocycles. The average Bonchev–Trinajstić information content (AvgIpc) is 2.70. The number of nitrogens with one attached hydrogen (secondary N) is 1. The van der Waals surface area contributed by atoms with Gasteiger partial charge in [-0.25, -0.2) is 9.37 Å². The average molecular weight is 486 g/mol. The van der Waals surface area contributed by atoms with Crippen molar-refractivity contribution in [1.82, 2.24) is 14.3 Å². The van der Waals surface area contributed by atoms with E-state index in [9.17, 15) is 9.18 Å². The number of carbonyl (C=O) groups excluding carboxylic acids is 1. The highest BCUT2D eigenvalue weighted by atomic mass is 79.9. The minimum Gasteiger partial charge on any atom is -0.368 e. The van der Waals surface area contributed by atoms with Crippen molar-refractivity contribution in [3.05, 3.63) is 40.2 Å². The maximum absolute atomic E-state index is 13.6. The fourth-order valence-corrected chi connectivity index (χ4v) is 3.82. The SMILES string of the molecule is NC(=O)c1c(F)cccc1Nc1nc(N)ncc1Br.NCCSN1CCCCC1. The molecule has 11 heteroatoms. The number of hydrogen-bond donors (Lipinski definition) is 4. The molecule has 1 aromatic carbocycles. The van der Waals surface area contributed by atoms with Crippen LogP contribution in [0.5, 0.6) is 0 Å². The molecule has 0 atom stereocenters. The van der Waals surface area contributed by atoms with Gasteiger partial charge in [0.2, 0.25) is 5.95 Å². The van der Waals surface area contributed by atoms with Crippen LogP contribution in [0.1, 0.15) is 29.6 Å². The van der Waals surface area contributed by atoms with Crippen molar-refractivity contribution in [2.75, 3.05) is 36.4 Å². The summed E-state index contributed by atoms with van der Waals surface area (Å²) in [5.41, 5.74) is 16.0. The summed E-state index contributed by atoms with van der Waals surface area (Å²) in [6.45, 7) is 3.34. The van der Waals surface area contributed by atoms with E-state index in [0.29, 0.717) is 10.3 Å². The number of nitrogens with zero attached hydrogens (tertiary/aromatic N) is 3. The highest BCUT2D eigenvalue weighted by molar-refractivity contribution is 9.10. The number of carbonyl (C=O) groups is 1. The number of rotatable bonds is 6. The Bertz CT molecular complexity index is 821. The third-order valence-corrected chi connectivity index (χ3v) is 5.71. The van der Waals surface area contributed by atoms with Gasteiger partial charge in [0.1, 0.15) is 11.6 Å². The van der Waals surface area contributed by atoms with Gasteiger partial charge < -0.3 is 22.5 Å². The number of benzene rings is 1.